The summed E-state index contributed by atoms with van der Waals surface area (Å²) in [6.45, 7) is 0.616. The zero-order valence-corrected chi connectivity index (χ0v) is 13.9. The molecule has 3 aromatic rings. The zero-order valence-electron chi connectivity index (χ0n) is 13.9. The maximum atomic E-state index is 12.7. The molecular weight excluding hydrogens is 328 g/mol. The number of nitrogens with zero attached hydrogens (tertiary/aromatic N) is 3. The van der Waals surface area contributed by atoms with Crippen LogP contribution in [0, 0.1) is 0 Å². The monoisotopic (exact) mass is 344 g/mol. The van der Waals surface area contributed by atoms with E-state index in [2.05, 4.69) is 15.3 Å². The van der Waals surface area contributed by atoms with E-state index in [1.165, 1.54) is 0 Å². The minimum atomic E-state index is -0.186. The maximum absolute atomic E-state index is 12.7. The van der Waals surface area contributed by atoms with Gasteiger partial charge in [-0.05, 0) is 54.4 Å². The number of amides is 2. The Bertz CT molecular complexity index is 958. The molecule has 1 aliphatic heterocycles. The number of hydrogen-bond acceptors (Lipinski definition) is 4. The molecule has 1 N–H and O–H groups in total. The number of pyridine rings is 2. The third kappa shape index (κ3) is 3.04. The molecule has 26 heavy (non-hydrogen) atoms. The Morgan fingerprint density at radius 3 is 2.58 bits per heavy atom. The van der Waals surface area contributed by atoms with Crippen LogP contribution in [0.15, 0.2) is 67.3 Å². The van der Waals surface area contributed by atoms with Gasteiger partial charge < -0.3 is 10.2 Å². The second-order valence-corrected chi connectivity index (χ2v) is 5.98. The van der Waals surface area contributed by atoms with Crippen molar-refractivity contribution in [3.05, 3.63) is 83.9 Å². The highest BCUT2D eigenvalue weighted by Gasteiger charge is 2.26. The molecule has 0 aliphatic carbocycles. The number of nitrogens with one attached hydrogen (secondary N) is 1. The third-order valence-corrected chi connectivity index (χ3v) is 4.33. The largest absolute Gasteiger partial charge is 0.322 e. The van der Waals surface area contributed by atoms with Crippen LogP contribution in [0.25, 0.3) is 0 Å². The van der Waals surface area contributed by atoms with E-state index in [4.69, 9.17) is 0 Å². The molecule has 0 unspecified atom stereocenters. The lowest BCUT2D eigenvalue weighted by Gasteiger charge is -2.17. The smallest absolute Gasteiger partial charge is 0.259 e. The highest BCUT2D eigenvalue weighted by atomic mass is 16.2. The van der Waals surface area contributed by atoms with Crippen LogP contribution < -0.4 is 10.2 Å². The first-order chi connectivity index (χ1) is 12.7. The highest BCUT2D eigenvalue weighted by molar-refractivity contribution is 6.08. The molecule has 6 nitrogen and oxygen atoms in total. The van der Waals surface area contributed by atoms with Gasteiger partial charge in [-0.1, -0.05) is 0 Å². The summed E-state index contributed by atoms with van der Waals surface area (Å²) in [7, 11) is 0. The van der Waals surface area contributed by atoms with E-state index >= 15 is 0 Å². The van der Waals surface area contributed by atoms with Crippen molar-refractivity contribution in [1.29, 1.82) is 0 Å². The van der Waals surface area contributed by atoms with E-state index < -0.39 is 0 Å². The predicted octanol–water partition coefficient (Wildman–Crippen LogP) is 2.93. The van der Waals surface area contributed by atoms with Crippen LogP contribution >= 0.6 is 0 Å². The molecule has 128 valence electrons. The third-order valence-electron chi connectivity index (χ3n) is 4.33. The van der Waals surface area contributed by atoms with Crippen molar-refractivity contribution in [3.8, 4) is 0 Å². The van der Waals surface area contributed by atoms with Crippen molar-refractivity contribution in [2.75, 3.05) is 16.8 Å². The van der Waals surface area contributed by atoms with Crippen LogP contribution in [-0.4, -0.2) is 28.3 Å². The molecule has 0 radical (unpaired) electrons. The summed E-state index contributed by atoms with van der Waals surface area (Å²) in [5.41, 5.74) is 3.74. The first-order valence-electron chi connectivity index (χ1n) is 8.28. The molecule has 2 amide bonds. The number of carbonyl (C=O) groups excluding carboxylic acids is 2. The summed E-state index contributed by atoms with van der Waals surface area (Å²) in [5.74, 6) is -0.251. The van der Waals surface area contributed by atoms with Crippen LogP contribution in [0.3, 0.4) is 0 Å². The van der Waals surface area contributed by atoms with Gasteiger partial charge in [0.1, 0.15) is 0 Å². The average Bonchev–Trinajstić information content (AvgIpc) is 3.12. The standard InChI is InChI=1S/C20H16N4O2/c25-19(14-5-9-21-10-6-14)23-17-3-4-18-15(12-17)7-11-24(18)20(26)16-2-1-8-22-13-16/h1-6,8-10,12-13H,7,11H2,(H,23,25). The number of carbonyl (C=O) groups is 2. The van der Waals surface area contributed by atoms with E-state index in [0.29, 0.717) is 23.4 Å². The summed E-state index contributed by atoms with van der Waals surface area (Å²) < 4.78 is 0. The van der Waals surface area contributed by atoms with E-state index in [-0.39, 0.29) is 11.8 Å². The Morgan fingerprint density at radius 2 is 1.81 bits per heavy atom. The van der Waals surface area contributed by atoms with Gasteiger partial charge in [-0.3, -0.25) is 19.6 Å². The van der Waals surface area contributed by atoms with Gasteiger partial charge in [0.2, 0.25) is 0 Å². The number of aromatic nitrogens is 2. The zero-order chi connectivity index (χ0) is 17.9. The molecule has 0 bridgehead atoms. The van der Waals surface area contributed by atoms with Crippen LogP contribution in [0.4, 0.5) is 11.4 Å². The highest BCUT2D eigenvalue weighted by Crippen LogP contribution is 2.31. The lowest BCUT2D eigenvalue weighted by atomic mass is 10.1. The number of anilines is 2. The summed E-state index contributed by atoms with van der Waals surface area (Å²) in [4.78, 5) is 34.6. The summed E-state index contributed by atoms with van der Waals surface area (Å²) in [6.07, 6.45) is 7.13. The molecule has 4 rings (SSSR count). The first kappa shape index (κ1) is 16.0. The van der Waals surface area contributed by atoms with E-state index in [1.807, 2.05) is 18.2 Å². The average molecular weight is 344 g/mol. The SMILES string of the molecule is O=C(Nc1ccc2c(c1)CCN2C(=O)c1cccnc1)c1ccncc1. The maximum Gasteiger partial charge on any atom is 0.259 e. The van der Waals surface area contributed by atoms with Gasteiger partial charge in [0, 0.05) is 48.3 Å². The summed E-state index contributed by atoms with van der Waals surface area (Å²) in [5, 5.41) is 2.88. The minimum absolute atomic E-state index is 0.0644. The van der Waals surface area contributed by atoms with Gasteiger partial charge >= 0.3 is 0 Å². The lowest BCUT2D eigenvalue weighted by Crippen LogP contribution is -2.28. The van der Waals surface area contributed by atoms with Gasteiger partial charge in [-0.2, -0.15) is 0 Å². The minimum Gasteiger partial charge on any atom is -0.322 e. The predicted molar refractivity (Wildman–Crippen MR) is 98.2 cm³/mol. The van der Waals surface area contributed by atoms with Gasteiger partial charge in [0.25, 0.3) is 11.8 Å². The van der Waals surface area contributed by atoms with Crippen molar-refractivity contribution in [3.63, 3.8) is 0 Å². The van der Waals surface area contributed by atoms with E-state index in [0.717, 1.165) is 17.7 Å². The molecule has 0 saturated carbocycles. The number of fused-ring (bicyclic) bond motifs is 1. The van der Waals surface area contributed by atoms with Crippen LogP contribution in [0.5, 0.6) is 0 Å². The quantitative estimate of drug-likeness (QED) is 0.793. The van der Waals surface area contributed by atoms with Crippen LogP contribution in [0.1, 0.15) is 26.3 Å². The molecule has 2 aromatic heterocycles. The van der Waals surface area contributed by atoms with Gasteiger partial charge in [-0.25, -0.2) is 0 Å². The Morgan fingerprint density at radius 1 is 0.962 bits per heavy atom. The van der Waals surface area contributed by atoms with E-state index in [9.17, 15) is 9.59 Å². The fourth-order valence-corrected chi connectivity index (χ4v) is 3.04. The molecule has 1 aliphatic rings. The molecule has 0 fully saturated rings. The second kappa shape index (κ2) is 6.76. The van der Waals surface area contributed by atoms with E-state index in [1.54, 1.807) is 54.0 Å². The number of benzene rings is 1. The molecule has 6 heteroatoms. The lowest BCUT2D eigenvalue weighted by molar-refractivity contribution is 0.0987. The molecular formula is C20H16N4O2. The Hall–Kier alpha value is -3.54. The van der Waals surface area contributed by atoms with Crippen LogP contribution in [-0.2, 0) is 6.42 Å². The normalized spacial score (nSPS) is 12.5. The van der Waals surface area contributed by atoms with Gasteiger partial charge in [0.05, 0.1) is 5.56 Å². The first-order valence-corrected chi connectivity index (χ1v) is 8.28. The summed E-state index contributed by atoms with van der Waals surface area (Å²) in [6, 6.07) is 12.4. The molecule has 0 atom stereocenters. The fourth-order valence-electron chi connectivity index (χ4n) is 3.04. The van der Waals surface area contributed by atoms with Crippen molar-refractivity contribution in [2.24, 2.45) is 0 Å². The fraction of sp³-hybridized carbons (Fsp3) is 0.100. The Labute approximate surface area is 150 Å². The van der Waals surface area contributed by atoms with Gasteiger partial charge in [-0.15, -0.1) is 0 Å². The second-order valence-electron chi connectivity index (χ2n) is 5.98. The summed E-state index contributed by atoms with van der Waals surface area (Å²) >= 11 is 0. The van der Waals surface area contributed by atoms with Crippen molar-refractivity contribution in [1.82, 2.24) is 9.97 Å². The molecule has 1 aromatic carbocycles. The number of rotatable bonds is 3. The van der Waals surface area contributed by atoms with Crippen LogP contribution in [0.2, 0.25) is 0 Å². The van der Waals surface area contributed by atoms with Crippen molar-refractivity contribution in [2.45, 2.75) is 6.42 Å². The van der Waals surface area contributed by atoms with Gasteiger partial charge in [0.15, 0.2) is 0 Å². The van der Waals surface area contributed by atoms with Crippen molar-refractivity contribution >= 4 is 23.2 Å². The molecule has 0 saturated heterocycles. The topological polar surface area (TPSA) is 75.2 Å². The number of hydrogen-bond donors (Lipinski definition) is 1. The molecule has 0 spiro atoms. The Kier molecular flexibility index (Phi) is 4.15. The van der Waals surface area contributed by atoms with Crippen molar-refractivity contribution < 1.29 is 9.59 Å². The molecule has 3 heterocycles. The Balaban J connectivity index is 1.53.